The van der Waals surface area contributed by atoms with Gasteiger partial charge in [-0.15, -0.1) is 0 Å². The van der Waals surface area contributed by atoms with E-state index in [-0.39, 0.29) is 29.1 Å². The molecule has 0 bridgehead atoms. The van der Waals surface area contributed by atoms with Crippen LogP contribution in [0.5, 0.6) is 0 Å². The maximum atomic E-state index is 15.5. The summed E-state index contributed by atoms with van der Waals surface area (Å²) in [7, 11) is 1.60. The third kappa shape index (κ3) is 4.63. The van der Waals surface area contributed by atoms with Crippen LogP contribution in [0.15, 0.2) is 48.9 Å². The Morgan fingerprint density at radius 1 is 1.10 bits per heavy atom. The molecule has 1 aromatic carbocycles. The zero-order valence-electron chi connectivity index (χ0n) is 22.6. The van der Waals surface area contributed by atoms with Gasteiger partial charge in [-0.25, -0.2) is 13.8 Å². The number of fused-ring (bicyclic) bond motifs is 1. The van der Waals surface area contributed by atoms with Crippen molar-refractivity contribution in [3.8, 4) is 11.3 Å². The summed E-state index contributed by atoms with van der Waals surface area (Å²) < 4.78 is 38.2. The molecular weight excluding hydrogens is 514 g/mol. The molecule has 0 amide bonds. The lowest BCUT2D eigenvalue weighted by molar-refractivity contribution is -0.00914. The first kappa shape index (κ1) is 26.7. The number of hydrogen-bond donors (Lipinski definition) is 3. The average Bonchev–Trinajstić information content (AvgIpc) is 3.59. The predicted molar refractivity (Wildman–Crippen MR) is 148 cm³/mol. The number of halogens is 2. The number of rotatable bonds is 6. The highest BCUT2D eigenvalue weighted by Crippen LogP contribution is 2.43. The first-order valence-corrected chi connectivity index (χ1v) is 13.8. The van der Waals surface area contributed by atoms with Gasteiger partial charge in [0.2, 0.25) is 5.95 Å². The number of pyridine rings is 1. The first-order chi connectivity index (χ1) is 19.3. The molecule has 3 aromatic heterocycles. The number of aliphatic hydroxyl groups is 1. The molecule has 2 saturated carbocycles. The number of imidazole rings is 1. The third-order valence-electron chi connectivity index (χ3n) is 8.79. The quantitative estimate of drug-likeness (QED) is 0.295. The number of aliphatic hydroxyl groups excluding tert-OH is 1. The fraction of sp³-hybridized carbons (Fsp3) is 0.433. The van der Waals surface area contributed by atoms with Crippen molar-refractivity contribution in [1.82, 2.24) is 19.6 Å². The second-order valence-electron chi connectivity index (χ2n) is 11.2. The lowest BCUT2D eigenvalue weighted by Gasteiger charge is -2.36. The zero-order valence-corrected chi connectivity index (χ0v) is 22.6. The molecule has 40 heavy (non-hydrogen) atoms. The highest BCUT2D eigenvalue weighted by molar-refractivity contribution is 5.66. The molecule has 8 nitrogen and oxygen atoms in total. The maximum Gasteiger partial charge on any atom is 0.229 e. The van der Waals surface area contributed by atoms with Crippen LogP contribution in [0.3, 0.4) is 0 Å². The summed E-state index contributed by atoms with van der Waals surface area (Å²) in [5.74, 6) is -0.778. The molecule has 3 heterocycles. The van der Waals surface area contributed by atoms with Gasteiger partial charge in [-0.05, 0) is 79.0 Å². The van der Waals surface area contributed by atoms with E-state index in [1.54, 1.807) is 37.8 Å². The number of nitrogens with one attached hydrogen (secondary N) is 1. The van der Waals surface area contributed by atoms with E-state index in [2.05, 4.69) is 20.4 Å². The molecule has 0 radical (unpaired) electrons. The largest absolute Gasteiger partial charge is 0.391 e. The SMILES string of the molecule is COC1(c2cc(F)c(-c3ccc4cnc(Nc5cnccc5C5CC(C)C(O)C(N)C5)n4n3)c(F)c2)CCCC1. The van der Waals surface area contributed by atoms with Gasteiger partial charge in [-0.1, -0.05) is 19.8 Å². The summed E-state index contributed by atoms with van der Waals surface area (Å²) in [6, 6.07) is 7.71. The number of nitrogens with two attached hydrogens (primary N) is 1. The number of hydrogen-bond acceptors (Lipinski definition) is 7. The molecule has 2 aliphatic rings. The molecule has 2 fully saturated rings. The lowest BCUT2D eigenvalue weighted by atomic mass is 9.74. The predicted octanol–water partition coefficient (Wildman–Crippen LogP) is 5.43. The molecule has 2 aliphatic carbocycles. The van der Waals surface area contributed by atoms with Crippen LogP contribution >= 0.6 is 0 Å². The number of anilines is 2. The highest BCUT2D eigenvalue weighted by atomic mass is 19.1. The molecule has 4 N–H and O–H groups in total. The second-order valence-corrected chi connectivity index (χ2v) is 11.2. The number of methoxy groups -OCH3 is 1. The monoisotopic (exact) mass is 548 g/mol. The van der Waals surface area contributed by atoms with Crippen molar-refractivity contribution in [2.75, 3.05) is 12.4 Å². The van der Waals surface area contributed by atoms with Gasteiger partial charge in [-0.3, -0.25) is 4.98 Å². The average molecular weight is 549 g/mol. The molecule has 6 rings (SSSR count). The Morgan fingerprint density at radius 2 is 1.85 bits per heavy atom. The minimum absolute atomic E-state index is 0.0647. The molecule has 4 aromatic rings. The van der Waals surface area contributed by atoms with Crippen molar-refractivity contribution in [2.24, 2.45) is 11.7 Å². The fourth-order valence-corrected chi connectivity index (χ4v) is 6.55. The van der Waals surface area contributed by atoms with Crippen molar-refractivity contribution in [3.05, 3.63) is 71.7 Å². The molecule has 210 valence electrons. The van der Waals surface area contributed by atoms with Crippen molar-refractivity contribution in [1.29, 1.82) is 0 Å². The number of benzene rings is 1. The van der Waals surface area contributed by atoms with Crippen LogP contribution in [-0.2, 0) is 10.3 Å². The highest BCUT2D eigenvalue weighted by Gasteiger charge is 2.37. The van der Waals surface area contributed by atoms with E-state index in [4.69, 9.17) is 10.5 Å². The minimum Gasteiger partial charge on any atom is -0.391 e. The van der Waals surface area contributed by atoms with Gasteiger partial charge in [0.15, 0.2) is 0 Å². The Hall–Kier alpha value is -3.47. The zero-order chi connectivity index (χ0) is 28.0. The van der Waals surface area contributed by atoms with Gasteiger partial charge in [0.1, 0.15) is 11.6 Å². The molecule has 0 saturated heterocycles. The minimum atomic E-state index is -0.681. The van der Waals surface area contributed by atoms with E-state index < -0.39 is 23.3 Å². The standard InChI is InChI=1S/C30H34F2N6O2/c1-17-11-18(12-24(33)28(17)39)21-7-10-34-16-26(21)36-29-35-15-20-5-6-25(37-38(20)29)27-22(31)13-19(14-23(27)32)30(40-2)8-3-4-9-30/h5-7,10,13-18,24,28,39H,3-4,8-9,11-12,33H2,1-2H3,(H,35,36). The molecule has 0 spiro atoms. The first-order valence-electron chi connectivity index (χ1n) is 13.8. The van der Waals surface area contributed by atoms with Crippen molar-refractivity contribution in [3.63, 3.8) is 0 Å². The molecule has 4 atom stereocenters. The van der Waals surface area contributed by atoms with Crippen molar-refractivity contribution in [2.45, 2.75) is 69.1 Å². The molecular formula is C30H34F2N6O2. The van der Waals surface area contributed by atoms with Crippen LogP contribution in [0.1, 0.15) is 62.5 Å². The number of ether oxygens (including phenoxy) is 1. The molecule has 10 heteroatoms. The number of nitrogens with zero attached hydrogens (tertiary/aromatic N) is 4. The van der Waals surface area contributed by atoms with Gasteiger partial charge < -0.3 is 20.9 Å². The summed E-state index contributed by atoms with van der Waals surface area (Å²) >= 11 is 0. The van der Waals surface area contributed by atoms with Gasteiger partial charge in [-0.2, -0.15) is 9.61 Å². The normalized spacial score (nSPS) is 24.4. The Morgan fingerprint density at radius 3 is 2.55 bits per heavy atom. The second kappa shape index (κ2) is 10.5. The van der Waals surface area contributed by atoms with E-state index in [1.165, 1.54) is 16.6 Å². The van der Waals surface area contributed by atoms with Crippen LogP contribution in [0.2, 0.25) is 0 Å². The molecule has 4 unspecified atom stereocenters. The van der Waals surface area contributed by atoms with Crippen LogP contribution in [0.25, 0.3) is 16.8 Å². The van der Waals surface area contributed by atoms with Crippen LogP contribution in [-0.4, -0.2) is 43.9 Å². The smallest absolute Gasteiger partial charge is 0.229 e. The van der Waals surface area contributed by atoms with E-state index in [1.807, 2.05) is 13.0 Å². The third-order valence-corrected chi connectivity index (χ3v) is 8.79. The van der Waals surface area contributed by atoms with E-state index in [9.17, 15) is 5.11 Å². The van der Waals surface area contributed by atoms with E-state index in [0.717, 1.165) is 43.4 Å². The fourth-order valence-electron chi connectivity index (χ4n) is 6.55. The van der Waals surface area contributed by atoms with Gasteiger partial charge in [0, 0.05) is 19.3 Å². The summed E-state index contributed by atoms with van der Waals surface area (Å²) in [6.07, 6.45) is 9.39. The van der Waals surface area contributed by atoms with Crippen LogP contribution in [0.4, 0.5) is 20.4 Å². The summed E-state index contributed by atoms with van der Waals surface area (Å²) in [6.45, 7) is 2.01. The van der Waals surface area contributed by atoms with E-state index in [0.29, 0.717) is 23.4 Å². The molecule has 0 aliphatic heterocycles. The van der Waals surface area contributed by atoms with Gasteiger partial charge >= 0.3 is 0 Å². The van der Waals surface area contributed by atoms with Crippen LogP contribution in [0, 0.1) is 17.6 Å². The Balaban J connectivity index is 1.34. The van der Waals surface area contributed by atoms with Crippen LogP contribution < -0.4 is 11.1 Å². The summed E-state index contributed by atoms with van der Waals surface area (Å²) in [5.41, 5.74) is 8.48. The van der Waals surface area contributed by atoms with E-state index >= 15 is 8.78 Å². The summed E-state index contributed by atoms with van der Waals surface area (Å²) in [5, 5.41) is 18.2. The Kier molecular flexibility index (Phi) is 7.02. The lowest BCUT2D eigenvalue weighted by Crippen LogP contribution is -2.44. The number of aromatic nitrogens is 4. The van der Waals surface area contributed by atoms with Crippen molar-refractivity contribution < 1.29 is 18.6 Å². The van der Waals surface area contributed by atoms with Crippen molar-refractivity contribution >= 4 is 17.2 Å². The summed E-state index contributed by atoms with van der Waals surface area (Å²) in [4.78, 5) is 8.76. The Bertz CT molecular complexity index is 1500. The Labute approximate surface area is 231 Å². The maximum absolute atomic E-state index is 15.5. The topological polar surface area (TPSA) is 111 Å². The van der Waals surface area contributed by atoms with Gasteiger partial charge in [0.25, 0.3) is 0 Å². The van der Waals surface area contributed by atoms with Gasteiger partial charge in [0.05, 0.1) is 46.6 Å².